The Morgan fingerprint density at radius 3 is 1.50 bits per heavy atom. The Bertz CT molecular complexity index is 363. The second kappa shape index (κ2) is 3.55. The minimum absolute atomic E-state index is 0.699. The smallest absolute Gasteiger partial charge is 0.268 e. The molecule has 0 saturated carbocycles. The number of nitriles is 4. The van der Waals surface area contributed by atoms with Gasteiger partial charge in [-0.25, -0.2) is 0 Å². The van der Waals surface area contributed by atoms with E-state index in [1.165, 1.54) is 30.1 Å². The molecule has 0 N–H and O–H groups in total. The third kappa shape index (κ3) is 1.13. The molecule has 0 heterocycles. The average molecular weight is 154 g/mol. The van der Waals surface area contributed by atoms with E-state index in [0.29, 0.717) is 0 Å². The maximum atomic E-state index is 8.39. The van der Waals surface area contributed by atoms with Gasteiger partial charge in [-0.15, -0.1) is 0 Å². The Morgan fingerprint density at radius 2 is 1.42 bits per heavy atom. The molecular weight excluding hydrogens is 154 g/mol. The van der Waals surface area contributed by atoms with Crippen molar-refractivity contribution in [1.82, 2.24) is 0 Å². The molecule has 12 heavy (non-hydrogen) atoms. The standard InChI is InChI=1S/C7N5/c8-1-6(2-9)7(3-10,4-11)5-12/q-1. The molecule has 0 spiro atoms. The SMILES string of the molecule is N#CC(=C=[N-])C(C#N)(C#N)C#N. The Morgan fingerprint density at radius 1 is 1.00 bits per heavy atom. The van der Waals surface area contributed by atoms with Crippen LogP contribution in [0.15, 0.2) is 5.57 Å². The first-order valence-corrected chi connectivity index (χ1v) is 2.62. The van der Waals surface area contributed by atoms with Crippen molar-refractivity contribution >= 4 is 5.87 Å². The van der Waals surface area contributed by atoms with Gasteiger partial charge in [0.2, 0.25) is 0 Å². The molecule has 0 saturated heterocycles. The second-order valence-electron chi connectivity index (χ2n) is 1.68. The molecule has 0 aliphatic rings. The van der Waals surface area contributed by atoms with Gasteiger partial charge in [0, 0.05) is 0 Å². The van der Waals surface area contributed by atoms with Crippen molar-refractivity contribution in [3.05, 3.63) is 11.0 Å². The van der Waals surface area contributed by atoms with Gasteiger partial charge in [0.05, 0.1) is 5.57 Å². The monoisotopic (exact) mass is 154 g/mol. The molecule has 0 rings (SSSR count). The molecule has 0 radical (unpaired) electrons. The zero-order chi connectivity index (χ0) is 9.61. The molecule has 0 aromatic rings. The van der Waals surface area contributed by atoms with Gasteiger partial charge >= 0.3 is 0 Å². The van der Waals surface area contributed by atoms with Crippen LogP contribution in [0.2, 0.25) is 0 Å². The maximum Gasteiger partial charge on any atom is 0.268 e. The molecule has 0 aliphatic heterocycles. The quantitative estimate of drug-likeness (QED) is 0.396. The van der Waals surface area contributed by atoms with Gasteiger partial charge in [0.15, 0.2) is 0 Å². The van der Waals surface area contributed by atoms with Gasteiger partial charge in [0.1, 0.15) is 24.3 Å². The minimum Gasteiger partial charge on any atom is -0.762 e. The van der Waals surface area contributed by atoms with Gasteiger partial charge in [-0.2, -0.15) is 21.0 Å². The Hall–Kier alpha value is -2.59. The van der Waals surface area contributed by atoms with Gasteiger partial charge in [-0.3, -0.25) is 5.87 Å². The molecule has 0 aromatic carbocycles. The summed E-state index contributed by atoms with van der Waals surface area (Å²) >= 11 is 0. The highest BCUT2D eigenvalue weighted by Gasteiger charge is 2.34. The molecule has 0 amide bonds. The van der Waals surface area contributed by atoms with E-state index in [0.717, 1.165) is 0 Å². The fraction of sp³-hybridized carbons (Fsp3) is 0.143. The zero-order valence-electron chi connectivity index (χ0n) is 5.74. The summed E-state index contributed by atoms with van der Waals surface area (Å²) in [5.41, 5.74) is -2.95. The molecule has 0 unspecified atom stereocenters. The molecule has 0 aromatic heterocycles. The van der Waals surface area contributed by atoms with Gasteiger partial charge in [-0.1, -0.05) is 0 Å². The van der Waals surface area contributed by atoms with Crippen LogP contribution in [0, 0.1) is 50.7 Å². The maximum absolute atomic E-state index is 8.39. The van der Waals surface area contributed by atoms with Crippen LogP contribution >= 0.6 is 0 Å². The Kier molecular flexibility index (Phi) is 2.78. The van der Waals surface area contributed by atoms with Crippen LogP contribution in [0.4, 0.5) is 0 Å². The molecule has 5 nitrogen and oxygen atoms in total. The van der Waals surface area contributed by atoms with E-state index in [9.17, 15) is 0 Å². The highest BCUT2D eigenvalue weighted by molar-refractivity contribution is 5.72. The lowest BCUT2D eigenvalue weighted by Gasteiger charge is -2.04. The normalized spacial score (nSPS) is 7.67. The largest absolute Gasteiger partial charge is 0.762 e. The summed E-state index contributed by atoms with van der Waals surface area (Å²) < 4.78 is 0. The fourth-order valence-electron chi connectivity index (χ4n) is 0.435. The van der Waals surface area contributed by atoms with Gasteiger partial charge < -0.3 is 5.41 Å². The summed E-state index contributed by atoms with van der Waals surface area (Å²) in [6, 6.07) is 5.27. The van der Waals surface area contributed by atoms with Crippen LogP contribution in [0.25, 0.3) is 5.41 Å². The van der Waals surface area contributed by atoms with Crippen molar-refractivity contribution in [1.29, 1.82) is 21.0 Å². The predicted molar refractivity (Wildman–Crippen MR) is 36.8 cm³/mol. The zero-order valence-corrected chi connectivity index (χ0v) is 5.74. The Balaban J connectivity index is 5.58. The summed E-state index contributed by atoms with van der Waals surface area (Å²) in [6.07, 6.45) is 0. The van der Waals surface area contributed by atoms with Crippen molar-refractivity contribution in [2.45, 2.75) is 0 Å². The highest BCUT2D eigenvalue weighted by atomic mass is 14.5. The first-order valence-electron chi connectivity index (χ1n) is 2.62. The van der Waals surface area contributed by atoms with Gasteiger partial charge in [0.25, 0.3) is 5.41 Å². The number of hydrogen-bond acceptors (Lipinski definition) is 4. The topological polar surface area (TPSA) is 117 Å². The fourth-order valence-corrected chi connectivity index (χ4v) is 0.435. The van der Waals surface area contributed by atoms with Crippen LogP contribution in [0.3, 0.4) is 0 Å². The third-order valence-electron chi connectivity index (χ3n) is 1.10. The molecule has 5 heteroatoms. The summed E-state index contributed by atoms with van der Waals surface area (Å²) in [5.74, 6) is 1.33. The van der Waals surface area contributed by atoms with Crippen molar-refractivity contribution < 1.29 is 0 Å². The molecule has 0 fully saturated rings. The van der Waals surface area contributed by atoms with Crippen LogP contribution in [-0.4, -0.2) is 5.87 Å². The van der Waals surface area contributed by atoms with Gasteiger partial charge in [-0.05, 0) is 0 Å². The molecule has 0 bridgehead atoms. The number of nitrogens with zero attached hydrogens (tertiary/aromatic N) is 5. The summed E-state index contributed by atoms with van der Waals surface area (Å²) in [6.45, 7) is 0. The van der Waals surface area contributed by atoms with E-state index in [-0.39, 0.29) is 0 Å². The number of hydrogen-bond donors (Lipinski definition) is 0. The number of rotatable bonds is 1. The molecule has 0 aliphatic carbocycles. The Labute approximate surface area is 68.5 Å². The van der Waals surface area contributed by atoms with Crippen molar-refractivity contribution in [3.63, 3.8) is 0 Å². The highest BCUT2D eigenvalue weighted by Crippen LogP contribution is 2.21. The van der Waals surface area contributed by atoms with Crippen molar-refractivity contribution in [2.24, 2.45) is 5.41 Å². The van der Waals surface area contributed by atoms with Crippen LogP contribution < -0.4 is 0 Å². The van der Waals surface area contributed by atoms with E-state index < -0.39 is 11.0 Å². The van der Waals surface area contributed by atoms with Crippen molar-refractivity contribution in [2.75, 3.05) is 0 Å². The number of allylic oxidation sites excluding steroid dienone is 1. The minimum atomic E-state index is -2.25. The lowest BCUT2D eigenvalue weighted by atomic mass is 9.86. The summed E-state index contributed by atoms with van der Waals surface area (Å²) in [5, 5.41) is 41.8. The lowest BCUT2D eigenvalue weighted by Crippen LogP contribution is -2.16. The first kappa shape index (κ1) is 9.41. The van der Waals surface area contributed by atoms with E-state index in [4.69, 9.17) is 26.5 Å². The summed E-state index contributed by atoms with van der Waals surface area (Å²) in [4.78, 5) is 0. The predicted octanol–water partition coefficient (Wildman–Crippen LogP) is 0.233. The first-order chi connectivity index (χ1) is 5.70. The third-order valence-corrected chi connectivity index (χ3v) is 1.10. The average Bonchev–Trinajstić information content (AvgIpc) is 2.14. The molecule has 54 valence electrons. The second-order valence-corrected chi connectivity index (χ2v) is 1.68. The van der Waals surface area contributed by atoms with E-state index in [2.05, 4.69) is 0 Å². The van der Waals surface area contributed by atoms with Crippen LogP contribution in [0.5, 0.6) is 0 Å². The molecular formula is C7N5-. The lowest BCUT2D eigenvalue weighted by molar-refractivity contribution is 0.846. The molecule has 0 atom stereocenters. The van der Waals surface area contributed by atoms with E-state index in [1.54, 1.807) is 0 Å². The van der Waals surface area contributed by atoms with E-state index >= 15 is 0 Å². The van der Waals surface area contributed by atoms with Crippen LogP contribution in [0.1, 0.15) is 0 Å². The van der Waals surface area contributed by atoms with E-state index in [1.807, 2.05) is 0 Å². The van der Waals surface area contributed by atoms with Crippen molar-refractivity contribution in [3.8, 4) is 24.3 Å². The van der Waals surface area contributed by atoms with Crippen LogP contribution in [-0.2, 0) is 0 Å². The summed E-state index contributed by atoms with van der Waals surface area (Å²) in [7, 11) is 0.